The van der Waals surface area contributed by atoms with Gasteiger partial charge in [-0.05, 0) is 48.4 Å². The summed E-state index contributed by atoms with van der Waals surface area (Å²) in [7, 11) is 0. The highest BCUT2D eigenvalue weighted by atomic mass is 19.3. The second kappa shape index (κ2) is 11.0. The highest BCUT2D eigenvalue weighted by molar-refractivity contribution is 5.36. The zero-order chi connectivity index (χ0) is 23.0. The van der Waals surface area contributed by atoms with E-state index in [4.69, 9.17) is 4.74 Å². The molecule has 0 saturated heterocycles. The molecule has 3 aromatic carbocycles. The normalized spacial score (nSPS) is 12.5. The summed E-state index contributed by atoms with van der Waals surface area (Å²) in [6, 6.07) is 19.2. The summed E-state index contributed by atoms with van der Waals surface area (Å²) in [5, 5.41) is 32.2. The third-order valence-corrected chi connectivity index (χ3v) is 5.13. The summed E-state index contributed by atoms with van der Waals surface area (Å²) in [5.74, 6) is -2.70. The van der Waals surface area contributed by atoms with Crippen LogP contribution in [0.1, 0.15) is 28.4 Å². The number of hydrogen-bond acceptors (Lipinski definition) is 5. The Morgan fingerprint density at radius 3 is 2.38 bits per heavy atom. The highest BCUT2D eigenvalue weighted by Gasteiger charge is 2.32. The van der Waals surface area contributed by atoms with E-state index in [1.807, 2.05) is 12.1 Å². The number of ether oxygens (including phenoxy) is 1. The van der Waals surface area contributed by atoms with Gasteiger partial charge in [0.05, 0.1) is 12.7 Å². The number of phenols is 1. The van der Waals surface area contributed by atoms with Crippen LogP contribution < -0.4 is 10.1 Å². The van der Waals surface area contributed by atoms with Gasteiger partial charge < -0.3 is 25.4 Å². The lowest BCUT2D eigenvalue weighted by Crippen LogP contribution is -2.24. The molecule has 0 radical (unpaired) electrons. The van der Waals surface area contributed by atoms with E-state index in [1.54, 1.807) is 42.5 Å². The quantitative estimate of drug-likeness (QED) is 0.338. The van der Waals surface area contributed by atoms with Crippen LogP contribution in [0.5, 0.6) is 11.5 Å². The first-order valence-corrected chi connectivity index (χ1v) is 10.4. The SMILES string of the molecule is OCc1cc([C@H](O)CNCCc2ccc(OCC(F)(F)c3ccccc3)cc2)ccc1O. The number of hydrogen-bond donors (Lipinski definition) is 4. The highest BCUT2D eigenvalue weighted by Crippen LogP contribution is 2.29. The summed E-state index contributed by atoms with van der Waals surface area (Å²) >= 11 is 0. The summed E-state index contributed by atoms with van der Waals surface area (Å²) in [4.78, 5) is 0. The van der Waals surface area contributed by atoms with Crippen LogP contribution in [0.2, 0.25) is 0 Å². The fraction of sp³-hybridized carbons (Fsp3) is 0.280. The maximum atomic E-state index is 14.2. The van der Waals surface area contributed by atoms with Crippen LogP contribution >= 0.6 is 0 Å². The molecule has 0 aliphatic heterocycles. The van der Waals surface area contributed by atoms with Gasteiger partial charge >= 0.3 is 5.92 Å². The zero-order valence-corrected chi connectivity index (χ0v) is 17.5. The van der Waals surface area contributed by atoms with Crippen LogP contribution in [0.3, 0.4) is 0 Å². The van der Waals surface area contributed by atoms with Gasteiger partial charge in [-0.25, -0.2) is 0 Å². The number of rotatable bonds is 11. The van der Waals surface area contributed by atoms with Gasteiger partial charge in [0.15, 0.2) is 6.61 Å². The van der Waals surface area contributed by atoms with Crippen LogP contribution in [0, 0.1) is 0 Å². The molecule has 0 heterocycles. The lowest BCUT2D eigenvalue weighted by Gasteiger charge is -2.17. The lowest BCUT2D eigenvalue weighted by molar-refractivity contribution is -0.0467. The predicted octanol–water partition coefficient (Wildman–Crippen LogP) is 3.92. The van der Waals surface area contributed by atoms with E-state index in [2.05, 4.69) is 5.32 Å². The molecule has 0 amide bonds. The van der Waals surface area contributed by atoms with Crippen molar-refractivity contribution in [3.8, 4) is 11.5 Å². The summed E-state index contributed by atoms with van der Waals surface area (Å²) in [6.07, 6.45) is -0.0899. The molecular formula is C25H27F2NO4. The minimum atomic E-state index is -3.07. The monoisotopic (exact) mass is 443 g/mol. The van der Waals surface area contributed by atoms with Crippen molar-refractivity contribution in [2.45, 2.75) is 25.1 Å². The van der Waals surface area contributed by atoms with Gasteiger partial charge in [0.25, 0.3) is 0 Å². The molecule has 4 N–H and O–H groups in total. The van der Waals surface area contributed by atoms with Crippen molar-refractivity contribution in [2.24, 2.45) is 0 Å². The Morgan fingerprint density at radius 1 is 0.969 bits per heavy atom. The number of aromatic hydroxyl groups is 1. The minimum absolute atomic E-state index is 0.00683. The van der Waals surface area contributed by atoms with E-state index in [-0.39, 0.29) is 17.9 Å². The van der Waals surface area contributed by atoms with Gasteiger partial charge in [0.1, 0.15) is 11.5 Å². The number of benzene rings is 3. The van der Waals surface area contributed by atoms with Gasteiger partial charge in [-0.15, -0.1) is 0 Å². The fourth-order valence-corrected chi connectivity index (χ4v) is 3.22. The largest absolute Gasteiger partial charge is 0.508 e. The van der Waals surface area contributed by atoms with Crippen molar-refractivity contribution in [2.75, 3.05) is 19.7 Å². The van der Waals surface area contributed by atoms with Crippen molar-refractivity contribution >= 4 is 0 Å². The molecule has 3 aromatic rings. The summed E-state index contributed by atoms with van der Waals surface area (Å²) in [6.45, 7) is -0.117. The van der Waals surface area contributed by atoms with Crippen LogP contribution in [-0.4, -0.2) is 35.0 Å². The third-order valence-electron chi connectivity index (χ3n) is 5.13. The second-order valence-electron chi connectivity index (χ2n) is 7.52. The molecule has 170 valence electrons. The molecule has 3 rings (SSSR count). The molecule has 0 spiro atoms. The third kappa shape index (κ3) is 6.50. The van der Waals surface area contributed by atoms with Crippen LogP contribution in [0.25, 0.3) is 0 Å². The molecule has 32 heavy (non-hydrogen) atoms. The molecule has 0 bridgehead atoms. The number of nitrogens with one attached hydrogen (secondary N) is 1. The average molecular weight is 443 g/mol. The van der Waals surface area contributed by atoms with Gasteiger partial charge in [0.2, 0.25) is 0 Å². The average Bonchev–Trinajstić information content (AvgIpc) is 2.82. The Bertz CT molecular complexity index is 981. The molecule has 5 nitrogen and oxygen atoms in total. The van der Waals surface area contributed by atoms with E-state index in [0.717, 1.165) is 5.56 Å². The van der Waals surface area contributed by atoms with Gasteiger partial charge in [-0.3, -0.25) is 0 Å². The number of aliphatic hydroxyl groups excluding tert-OH is 2. The molecule has 0 aliphatic rings. The van der Waals surface area contributed by atoms with Gasteiger partial charge in [-0.2, -0.15) is 8.78 Å². The molecule has 0 unspecified atom stereocenters. The Hall–Kier alpha value is -3.00. The molecule has 7 heteroatoms. The van der Waals surface area contributed by atoms with E-state index in [9.17, 15) is 24.1 Å². The van der Waals surface area contributed by atoms with Crippen LogP contribution in [-0.2, 0) is 19.0 Å². The van der Waals surface area contributed by atoms with Crippen molar-refractivity contribution in [1.82, 2.24) is 5.32 Å². The maximum Gasteiger partial charge on any atom is 0.306 e. The smallest absolute Gasteiger partial charge is 0.306 e. The van der Waals surface area contributed by atoms with Crippen molar-refractivity contribution in [3.63, 3.8) is 0 Å². The molecule has 1 atom stereocenters. The zero-order valence-electron chi connectivity index (χ0n) is 17.5. The number of aliphatic hydroxyl groups is 2. The van der Waals surface area contributed by atoms with E-state index < -0.39 is 18.6 Å². The first-order valence-electron chi connectivity index (χ1n) is 10.4. The van der Waals surface area contributed by atoms with E-state index in [0.29, 0.717) is 36.4 Å². The summed E-state index contributed by atoms with van der Waals surface area (Å²) < 4.78 is 33.7. The Labute approximate surface area is 185 Å². The van der Waals surface area contributed by atoms with Gasteiger partial charge in [0, 0.05) is 17.7 Å². The fourth-order valence-electron chi connectivity index (χ4n) is 3.22. The first-order chi connectivity index (χ1) is 15.4. The Morgan fingerprint density at radius 2 is 1.69 bits per heavy atom. The topological polar surface area (TPSA) is 82.0 Å². The predicted molar refractivity (Wildman–Crippen MR) is 118 cm³/mol. The lowest BCUT2D eigenvalue weighted by atomic mass is 10.1. The number of halogens is 2. The van der Waals surface area contributed by atoms with Crippen molar-refractivity contribution in [1.29, 1.82) is 0 Å². The molecule has 0 saturated carbocycles. The van der Waals surface area contributed by atoms with E-state index in [1.165, 1.54) is 18.2 Å². The second-order valence-corrected chi connectivity index (χ2v) is 7.52. The maximum absolute atomic E-state index is 14.2. The van der Waals surface area contributed by atoms with Crippen molar-refractivity contribution in [3.05, 3.63) is 95.1 Å². The van der Waals surface area contributed by atoms with Gasteiger partial charge in [-0.1, -0.05) is 48.5 Å². The standard InChI is InChI=1S/C25H27F2NO4/c26-25(27,21-4-2-1-3-5-21)17-32-22-9-6-18(7-10-22)12-13-28-15-24(31)19-8-11-23(30)20(14-19)16-29/h1-11,14,24,28-31H,12-13,15-17H2/t24-/m1/s1. The molecule has 0 aliphatic carbocycles. The summed E-state index contributed by atoms with van der Waals surface area (Å²) in [5.41, 5.74) is 1.89. The minimum Gasteiger partial charge on any atom is -0.508 e. The van der Waals surface area contributed by atoms with Crippen LogP contribution in [0.15, 0.2) is 72.8 Å². The molecule has 0 fully saturated rings. The van der Waals surface area contributed by atoms with Crippen LogP contribution in [0.4, 0.5) is 8.78 Å². The van der Waals surface area contributed by atoms with Crippen molar-refractivity contribution < 1.29 is 28.8 Å². The first kappa shape index (κ1) is 23.7. The molecule has 0 aromatic heterocycles. The molecular weight excluding hydrogens is 416 g/mol. The number of alkyl halides is 2. The van der Waals surface area contributed by atoms with E-state index >= 15 is 0 Å². The Kier molecular flexibility index (Phi) is 8.16. The Balaban J connectivity index is 1.42.